The van der Waals surface area contributed by atoms with Gasteiger partial charge < -0.3 is 4.98 Å². The van der Waals surface area contributed by atoms with Gasteiger partial charge in [-0.1, -0.05) is 17.7 Å². The Bertz CT molecular complexity index is 1130. The molecule has 0 saturated carbocycles. The number of halogens is 3. The zero-order chi connectivity index (χ0) is 19.1. The molecule has 0 spiro atoms. The molecule has 0 aliphatic carbocycles. The maximum Gasteiger partial charge on any atom is 0.417 e. The van der Waals surface area contributed by atoms with Crippen LogP contribution in [0.15, 0.2) is 58.2 Å². The number of fused-ring (bicyclic) bond motifs is 1. The highest BCUT2D eigenvalue weighted by Crippen LogP contribution is 2.34. The van der Waals surface area contributed by atoms with Crippen molar-refractivity contribution in [1.82, 2.24) is 4.98 Å². The van der Waals surface area contributed by atoms with Gasteiger partial charge in [0.2, 0.25) is 5.56 Å². The lowest BCUT2D eigenvalue weighted by molar-refractivity contribution is -0.136. The van der Waals surface area contributed by atoms with Gasteiger partial charge in [-0.3, -0.25) is 9.52 Å². The summed E-state index contributed by atoms with van der Waals surface area (Å²) in [6.07, 6.45) is -4.79. The number of aryl methyl sites for hydroxylation is 1. The van der Waals surface area contributed by atoms with Crippen LogP contribution >= 0.6 is 0 Å². The fourth-order valence-corrected chi connectivity index (χ4v) is 3.55. The highest BCUT2D eigenvalue weighted by atomic mass is 32.2. The minimum atomic E-state index is -4.79. The van der Waals surface area contributed by atoms with Crippen molar-refractivity contribution in [3.05, 3.63) is 70.0 Å². The van der Waals surface area contributed by atoms with Gasteiger partial charge in [0.1, 0.15) is 0 Å². The van der Waals surface area contributed by atoms with E-state index in [1.807, 2.05) is 6.92 Å². The van der Waals surface area contributed by atoms with E-state index in [4.69, 9.17) is 0 Å². The second-order valence-corrected chi connectivity index (χ2v) is 7.41. The summed E-state index contributed by atoms with van der Waals surface area (Å²) < 4.78 is 66.9. The summed E-state index contributed by atoms with van der Waals surface area (Å²) in [4.78, 5) is 13.3. The number of hydrogen-bond donors (Lipinski definition) is 2. The fraction of sp³-hybridized carbons (Fsp3) is 0.118. The lowest BCUT2D eigenvalue weighted by Gasteiger charge is -2.12. The van der Waals surface area contributed by atoms with Gasteiger partial charge in [-0.25, -0.2) is 8.42 Å². The molecule has 0 aliphatic rings. The monoisotopic (exact) mass is 382 g/mol. The number of nitrogens with one attached hydrogen (secondary N) is 2. The minimum Gasteiger partial charge on any atom is -0.322 e. The zero-order valence-electron chi connectivity index (χ0n) is 13.4. The smallest absolute Gasteiger partial charge is 0.322 e. The summed E-state index contributed by atoms with van der Waals surface area (Å²) in [5.41, 5.74) is -0.994. The molecule has 0 saturated heterocycles. The predicted octanol–water partition coefficient (Wildman–Crippen LogP) is 3.66. The number of aromatic amines is 1. The standard InChI is InChI=1S/C17H13F3N2O3S/c1-10-2-4-11(5-3-10)22-26(24,25)12-6-7-15-13(8-12)14(17(18,19)20)9-16(23)21-15/h2-9,22H,1H3,(H,21,23). The summed E-state index contributed by atoms with van der Waals surface area (Å²) in [6.45, 7) is 1.83. The largest absolute Gasteiger partial charge is 0.417 e. The molecule has 0 aliphatic heterocycles. The van der Waals surface area contributed by atoms with Gasteiger partial charge in [0.15, 0.2) is 0 Å². The maximum absolute atomic E-state index is 13.2. The van der Waals surface area contributed by atoms with Gasteiger partial charge in [-0.2, -0.15) is 13.2 Å². The van der Waals surface area contributed by atoms with Crippen molar-refractivity contribution >= 4 is 26.6 Å². The lowest BCUT2D eigenvalue weighted by Crippen LogP contribution is -2.16. The van der Waals surface area contributed by atoms with E-state index in [2.05, 4.69) is 9.71 Å². The van der Waals surface area contributed by atoms with Crippen LogP contribution in [0.1, 0.15) is 11.1 Å². The van der Waals surface area contributed by atoms with Crippen molar-refractivity contribution in [3.8, 4) is 0 Å². The second-order valence-electron chi connectivity index (χ2n) is 5.72. The van der Waals surface area contributed by atoms with E-state index in [0.29, 0.717) is 6.07 Å². The molecule has 0 amide bonds. The van der Waals surface area contributed by atoms with Crippen molar-refractivity contribution in [2.75, 3.05) is 4.72 Å². The number of alkyl halides is 3. The first-order valence-corrected chi connectivity index (χ1v) is 8.88. The van der Waals surface area contributed by atoms with Gasteiger partial charge in [-0.05, 0) is 37.3 Å². The number of sulfonamides is 1. The SMILES string of the molecule is Cc1ccc(NS(=O)(=O)c2ccc3[nH]c(=O)cc(C(F)(F)F)c3c2)cc1. The van der Waals surface area contributed by atoms with Crippen LogP contribution in [0, 0.1) is 6.92 Å². The Balaban J connectivity index is 2.12. The average molecular weight is 382 g/mol. The van der Waals surface area contributed by atoms with Crippen molar-refractivity contribution in [2.45, 2.75) is 18.0 Å². The Morgan fingerprint density at radius 3 is 2.27 bits per heavy atom. The van der Waals surface area contributed by atoms with Crippen LogP contribution in [-0.4, -0.2) is 13.4 Å². The van der Waals surface area contributed by atoms with Gasteiger partial charge in [0.25, 0.3) is 10.0 Å². The first kappa shape index (κ1) is 18.0. The Morgan fingerprint density at radius 2 is 1.65 bits per heavy atom. The summed E-state index contributed by atoms with van der Waals surface area (Å²) in [6, 6.07) is 10.1. The van der Waals surface area contributed by atoms with Crippen LogP contribution < -0.4 is 10.3 Å². The number of pyridine rings is 1. The predicted molar refractivity (Wildman–Crippen MR) is 91.6 cm³/mol. The van der Waals surface area contributed by atoms with E-state index >= 15 is 0 Å². The molecule has 26 heavy (non-hydrogen) atoms. The highest BCUT2D eigenvalue weighted by Gasteiger charge is 2.33. The Kier molecular flexibility index (Phi) is 4.27. The third kappa shape index (κ3) is 3.57. The van der Waals surface area contributed by atoms with E-state index in [0.717, 1.165) is 23.8 Å². The van der Waals surface area contributed by atoms with Crippen LogP contribution in [0.2, 0.25) is 0 Å². The molecule has 5 nitrogen and oxygen atoms in total. The number of H-pyrrole nitrogens is 1. The summed E-state index contributed by atoms with van der Waals surface area (Å²) >= 11 is 0. The van der Waals surface area contributed by atoms with E-state index in [1.165, 1.54) is 0 Å². The number of hydrogen-bond acceptors (Lipinski definition) is 3. The van der Waals surface area contributed by atoms with Crippen LogP contribution in [0.5, 0.6) is 0 Å². The van der Waals surface area contributed by atoms with Crippen LogP contribution in [-0.2, 0) is 16.2 Å². The molecule has 136 valence electrons. The third-order valence-electron chi connectivity index (χ3n) is 3.73. The first-order valence-electron chi connectivity index (χ1n) is 7.40. The number of benzene rings is 2. The normalized spacial score (nSPS) is 12.3. The van der Waals surface area contributed by atoms with Gasteiger partial charge in [0, 0.05) is 22.7 Å². The van der Waals surface area contributed by atoms with Gasteiger partial charge >= 0.3 is 6.18 Å². The Hall–Kier alpha value is -2.81. The summed E-state index contributed by atoms with van der Waals surface area (Å²) in [5, 5.41) is -0.399. The molecule has 3 rings (SSSR count). The molecule has 9 heteroatoms. The minimum absolute atomic E-state index is 0.0980. The molecule has 0 fully saturated rings. The van der Waals surface area contributed by atoms with Crippen molar-refractivity contribution in [3.63, 3.8) is 0 Å². The van der Waals surface area contributed by atoms with E-state index in [9.17, 15) is 26.4 Å². The molecule has 0 bridgehead atoms. The van der Waals surface area contributed by atoms with E-state index in [1.54, 1.807) is 24.3 Å². The molecule has 1 aromatic heterocycles. The van der Waals surface area contributed by atoms with E-state index < -0.39 is 32.7 Å². The molecular formula is C17H13F3N2O3S. The quantitative estimate of drug-likeness (QED) is 0.726. The molecule has 0 unspecified atom stereocenters. The molecule has 3 aromatic rings. The van der Waals surface area contributed by atoms with E-state index in [-0.39, 0.29) is 16.1 Å². The van der Waals surface area contributed by atoms with Crippen molar-refractivity contribution in [2.24, 2.45) is 0 Å². The second kappa shape index (κ2) is 6.17. The summed E-state index contributed by atoms with van der Waals surface area (Å²) in [5.74, 6) is 0. The highest BCUT2D eigenvalue weighted by molar-refractivity contribution is 7.92. The Morgan fingerprint density at radius 1 is 1.00 bits per heavy atom. The molecule has 2 N–H and O–H groups in total. The molecular weight excluding hydrogens is 369 g/mol. The third-order valence-corrected chi connectivity index (χ3v) is 5.11. The lowest BCUT2D eigenvalue weighted by atomic mass is 10.1. The maximum atomic E-state index is 13.2. The number of aromatic nitrogens is 1. The van der Waals surface area contributed by atoms with Crippen molar-refractivity contribution < 1.29 is 21.6 Å². The van der Waals surface area contributed by atoms with Crippen LogP contribution in [0.3, 0.4) is 0 Å². The molecule has 0 atom stereocenters. The molecule has 2 aromatic carbocycles. The molecule has 0 radical (unpaired) electrons. The average Bonchev–Trinajstić information content (AvgIpc) is 2.54. The molecule has 1 heterocycles. The van der Waals surface area contributed by atoms with Gasteiger partial charge in [0.05, 0.1) is 10.5 Å². The van der Waals surface area contributed by atoms with Crippen LogP contribution in [0.25, 0.3) is 10.9 Å². The topological polar surface area (TPSA) is 79.0 Å². The summed E-state index contributed by atoms with van der Waals surface area (Å²) in [7, 11) is -4.10. The zero-order valence-corrected chi connectivity index (χ0v) is 14.2. The number of anilines is 1. The fourth-order valence-electron chi connectivity index (χ4n) is 2.47. The van der Waals surface area contributed by atoms with Gasteiger partial charge in [-0.15, -0.1) is 0 Å². The number of rotatable bonds is 3. The van der Waals surface area contributed by atoms with Crippen molar-refractivity contribution in [1.29, 1.82) is 0 Å². The first-order chi connectivity index (χ1) is 12.1. The van der Waals surface area contributed by atoms with Crippen LogP contribution in [0.4, 0.5) is 18.9 Å². The Labute approximate surface area is 146 Å².